The van der Waals surface area contributed by atoms with Crippen molar-refractivity contribution in [3.05, 3.63) is 30.6 Å². The van der Waals surface area contributed by atoms with E-state index in [1.807, 2.05) is 30.6 Å². The Morgan fingerprint density at radius 3 is 3.24 bits per heavy atom. The lowest BCUT2D eigenvalue weighted by atomic mass is 10.1. The average Bonchev–Trinajstić information content (AvgIpc) is 3.10. The zero-order valence-electron chi connectivity index (χ0n) is 14.0. The van der Waals surface area contributed by atoms with Crippen molar-refractivity contribution in [3.63, 3.8) is 0 Å². The Morgan fingerprint density at radius 2 is 2.32 bits per heavy atom. The first-order chi connectivity index (χ1) is 12.3. The van der Waals surface area contributed by atoms with Gasteiger partial charge in [-0.15, -0.1) is 0 Å². The summed E-state index contributed by atoms with van der Waals surface area (Å²) in [5.41, 5.74) is 3.00. The number of morpholine rings is 1. The van der Waals surface area contributed by atoms with E-state index in [4.69, 9.17) is 14.5 Å². The molecule has 4 heterocycles. The van der Waals surface area contributed by atoms with Gasteiger partial charge >= 0.3 is 0 Å². The molecule has 0 spiro atoms. The molecule has 2 N–H and O–H groups in total. The van der Waals surface area contributed by atoms with Crippen LogP contribution in [0.1, 0.15) is 0 Å². The van der Waals surface area contributed by atoms with E-state index in [0.717, 1.165) is 65.8 Å². The number of anilines is 2. The Labute approximate surface area is 145 Å². The summed E-state index contributed by atoms with van der Waals surface area (Å²) >= 11 is 0. The number of aromatic nitrogens is 3. The van der Waals surface area contributed by atoms with Crippen molar-refractivity contribution in [2.45, 2.75) is 6.04 Å². The lowest BCUT2D eigenvalue weighted by Crippen LogP contribution is -2.52. The second-order valence-electron chi connectivity index (χ2n) is 6.35. The van der Waals surface area contributed by atoms with Gasteiger partial charge in [-0.2, -0.15) is 0 Å². The second-order valence-corrected chi connectivity index (χ2v) is 6.35. The Hall–Kier alpha value is -2.80. The fourth-order valence-corrected chi connectivity index (χ4v) is 3.59. The molecular formula is C18H19N5O2. The molecule has 0 bridgehead atoms. The summed E-state index contributed by atoms with van der Waals surface area (Å²) < 4.78 is 10.9. The van der Waals surface area contributed by atoms with E-state index in [9.17, 15) is 0 Å². The van der Waals surface area contributed by atoms with Crippen LogP contribution >= 0.6 is 0 Å². The molecule has 3 aromatic rings. The van der Waals surface area contributed by atoms with Gasteiger partial charge in [0.05, 0.1) is 38.2 Å². The molecule has 7 heteroatoms. The highest BCUT2D eigenvalue weighted by Gasteiger charge is 2.30. The van der Waals surface area contributed by atoms with Crippen LogP contribution < -0.4 is 15.0 Å². The molecule has 2 aromatic heterocycles. The Kier molecular flexibility index (Phi) is 3.27. The van der Waals surface area contributed by atoms with E-state index in [1.165, 1.54) is 0 Å². The SMILES string of the molecule is COc1ccc2c(-c3ncc4c(n3)N3CCOCC3CN4)c[nH]c2c1. The number of aromatic amines is 1. The van der Waals surface area contributed by atoms with E-state index in [-0.39, 0.29) is 0 Å². The molecule has 0 saturated carbocycles. The molecule has 0 amide bonds. The summed E-state index contributed by atoms with van der Waals surface area (Å²) in [5, 5.41) is 4.50. The minimum absolute atomic E-state index is 0.330. The Bertz CT molecular complexity index is 938. The van der Waals surface area contributed by atoms with Crippen molar-refractivity contribution in [2.24, 2.45) is 0 Å². The number of ether oxygens (including phenoxy) is 2. The van der Waals surface area contributed by atoms with E-state index in [1.54, 1.807) is 7.11 Å². The normalized spacial score (nSPS) is 19.2. The number of fused-ring (bicyclic) bond motifs is 4. The Morgan fingerprint density at radius 1 is 1.36 bits per heavy atom. The van der Waals surface area contributed by atoms with E-state index in [2.05, 4.69) is 20.2 Å². The highest BCUT2D eigenvalue weighted by molar-refractivity contribution is 5.95. The molecular weight excluding hydrogens is 318 g/mol. The second kappa shape index (κ2) is 5.63. The number of nitrogens with zero attached hydrogens (tertiary/aromatic N) is 3. The van der Waals surface area contributed by atoms with Crippen LogP contribution in [-0.4, -0.2) is 54.4 Å². The molecule has 2 aliphatic rings. The third-order valence-electron chi connectivity index (χ3n) is 4.93. The molecule has 1 atom stereocenters. The van der Waals surface area contributed by atoms with Gasteiger partial charge in [0.15, 0.2) is 11.6 Å². The summed E-state index contributed by atoms with van der Waals surface area (Å²) in [7, 11) is 1.67. The predicted octanol–water partition coefficient (Wildman–Crippen LogP) is 2.26. The number of methoxy groups -OCH3 is 1. The van der Waals surface area contributed by atoms with Crippen LogP contribution in [-0.2, 0) is 4.74 Å². The maximum absolute atomic E-state index is 5.59. The van der Waals surface area contributed by atoms with Crippen LogP contribution in [0.5, 0.6) is 5.75 Å². The molecule has 2 aliphatic heterocycles. The largest absolute Gasteiger partial charge is 0.497 e. The fourth-order valence-electron chi connectivity index (χ4n) is 3.59. The van der Waals surface area contributed by atoms with Gasteiger partial charge in [-0.1, -0.05) is 0 Å². The van der Waals surface area contributed by atoms with Gasteiger partial charge in [0.25, 0.3) is 0 Å². The Balaban J connectivity index is 1.59. The van der Waals surface area contributed by atoms with Gasteiger partial charge in [0, 0.05) is 41.8 Å². The third kappa shape index (κ3) is 2.31. The summed E-state index contributed by atoms with van der Waals surface area (Å²) in [6.45, 7) is 3.20. The van der Waals surface area contributed by atoms with Crippen LogP contribution in [0.3, 0.4) is 0 Å². The van der Waals surface area contributed by atoms with E-state index < -0.39 is 0 Å². The first-order valence-electron chi connectivity index (χ1n) is 8.44. The zero-order valence-corrected chi connectivity index (χ0v) is 14.0. The van der Waals surface area contributed by atoms with E-state index >= 15 is 0 Å². The standard InChI is InChI=1S/C18H19N5O2/c1-24-12-2-3-13-14(8-20-15(13)6-12)17-21-9-16-18(22-17)23-4-5-25-10-11(23)7-19-16/h2-3,6,8-9,11,19-20H,4-5,7,10H2,1H3. The highest BCUT2D eigenvalue weighted by Crippen LogP contribution is 2.34. The molecule has 0 aliphatic carbocycles. The quantitative estimate of drug-likeness (QED) is 0.747. The molecule has 5 rings (SSSR count). The smallest absolute Gasteiger partial charge is 0.163 e. The van der Waals surface area contributed by atoms with Gasteiger partial charge in [0.2, 0.25) is 0 Å². The van der Waals surface area contributed by atoms with Crippen molar-refractivity contribution >= 4 is 22.4 Å². The van der Waals surface area contributed by atoms with Crippen LogP contribution in [0.4, 0.5) is 11.5 Å². The van der Waals surface area contributed by atoms with Gasteiger partial charge in [-0.25, -0.2) is 9.97 Å². The monoisotopic (exact) mass is 337 g/mol. The minimum Gasteiger partial charge on any atom is -0.497 e. The van der Waals surface area contributed by atoms with Crippen molar-refractivity contribution in [3.8, 4) is 17.1 Å². The number of rotatable bonds is 2. The number of H-pyrrole nitrogens is 1. The predicted molar refractivity (Wildman–Crippen MR) is 96.3 cm³/mol. The molecule has 1 saturated heterocycles. The number of hydrogen-bond donors (Lipinski definition) is 2. The van der Waals surface area contributed by atoms with Gasteiger partial charge in [0.1, 0.15) is 5.75 Å². The van der Waals surface area contributed by atoms with Crippen LogP contribution in [0.2, 0.25) is 0 Å². The number of benzene rings is 1. The van der Waals surface area contributed by atoms with Crippen molar-refractivity contribution in [1.29, 1.82) is 0 Å². The van der Waals surface area contributed by atoms with Gasteiger partial charge in [-0.3, -0.25) is 0 Å². The maximum atomic E-state index is 5.59. The van der Waals surface area contributed by atoms with Crippen molar-refractivity contribution in [2.75, 3.05) is 43.6 Å². The van der Waals surface area contributed by atoms with E-state index in [0.29, 0.717) is 6.04 Å². The maximum Gasteiger partial charge on any atom is 0.163 e. The van der Waals surface area contributed by atoms with Gasteiger partial charge in [-0.05, 0) is 12.1 Å². The fraction of sp³-hybridized carbons (Fsp3) is 0.333. The average molecular weight is 337 g/mol. The zero-order chi connectivity index (χ0) is 16.8. The molecule has 1 unspecified atom stereocenters. The minimum atomic E-state index is 0.330. The van der Waals surface area contributed by atoms with Crippen LogP contribution in [0.25, 0.3) is 22.3 Å². The summed E-state index contributed by atoms with van der Waals surface area (Å²) in [5.74, 6) is 2.52. The molecule has 25 heavy (non-hydrogen) atoms. The first kappa shape index (κ1) is 14.5. The molecule has 1 aromatic carbocycles. The van der Waals surface area contributed by atoms with Crippen LogP contribution in [0.15, 0.2) is 30.6 Å². The highest BCUT2D eigenvalue weighted by atomic mass is 16.5. The van der Waals surface area contributed by atoms with Crippen molar-refractivity contribution in [1.82, 2.24) is 15.0 Å². The third-order valence-corrected chi connectivity index (χ3v) is 4.93. The first-order valence-corrected chi connectivity index (χ1v) is 8.44. The topological polar surface area (TPSA) is 75.3 Å². The van der Waals surface area contributed by atoms with Gasteiger partial charge < -0.3 is 24.7 Å². The van der Waals surface area contributed by atoms with Crippen molar-refractivity contribution < 1.29 is 9.47 Å². The molecule has 1 fully saturated rings. The summed E-state index contributed by atoms with van der Waals surface area (Å²) in [6, 6.07) is 6.31. The summed E-state index contributed by atoms with van der Waals surface area (Å²) in [6.07, 6.45) is 3.84. The van der Waals surface area contributed by atoms with Crippen LogP contribution in [0, 0.1) is 0 Å². The lowest BCUT2D eigenvalue weighted by molar-refractivity contribution is 0.0959. The number of nitrogens with one attached hydrogen (secondary N) is 2. The lowest BCUT2D eigenvalue weighted by Gasteiger charge is -2.41. The number of hydrogen-bond acceptors (Lipinski definition) is 6. The molecule has 0 radical (unpaired) electrons. The summed E-state index contributed by atoms with van der Waals surface area (Å²) in [4.78, 5) is 15.1. The molecule has 7 nitrogen and oxygen atoms in total. The molecule has 128 valence electrons.